The minimum absolute atomic E-state index is 0.472. The van der Waals surface area contributed by atoms with Gasteiger partial charge in [-0.05, 0) is 18.2 Å². The van der Waals surface area contributed by atoms with Crippen LogP contribution in [0.3, 0.4) is 0 Å². The van der Waals surface area contributed by atoms with E-state index in [0.717, 1.165) is 0 Å². The molecule has 0 aliphatic carbocycles. The van der Waals surface area contributed by atoms with Gasteiger partial charge in [-0.1, -0.05) is 0 Å². The molecule has 27 heavy (non-hydrogen) atoms. The number of phenols is 1. The zero-order chi connectivity index (χ0) is 21.5. The number of phenolic OH excluding ortho intramolecular Hbond substituents is 1. The number of hydrogen-bond donors (Lipinski definition) is 3. The number of aliphatic hydroxyl groups is 1. The standard InChI is InChI=1S/C11H10F6O8S2/c12-10(13,14)9(19,11(15,16)17)5-26(20,21)25-4-6-3-7(27(22,23)24)1-2-8(6)18/h1-3,18-19H,4-5H2,(H,22,23,24). The zero-order valence-corrected chi connectivity index (χ0v) is 14.2. The summed E-state index contributed by atoms with van der Waals surface area (Å²) >= 11 is 0. The van der Waals surface area contributed by atoms with E-state index in [-0.39, 0.29) is 0 Å². The first-order valence-corrected chi connectivity index (χ1v) is 9.34. The smallest absolute Gasteiger partial charge is 0.427 e. The molecular weight excluding hydrogens is 438 g/mol. The second kappa shape index (κ2) is 7.08. The molecular formula is C11H10F6O8S2. The Kier molecular flexibility index (Phi) is 6.14. The fraction of sp³-hybridized carbons (Fsp3) is 0.455. The maximum Gasteiger partial charge on any atom is 0.427 e. The number of aromatic hydroxyl groups is 1. The normalized spacial score (nSPS) is 14.4. The van der Waals surface area contributed by atoms with Crippen molar-refractivity contribution in [1.82, 2.24) is 0 Å². The van der Waals surface area contributed by atoms with Gasteiger partial charge in [0.25, 0.3) is 25.8 Å². The van der Waals surface area contributed by atoms with Crippen molar-refractivity contribution in [1.29, 1.82) is 0 Å². The molecule has 3 N–H and O–H groups in total. The SMILES string of the molecule is O=S(=O)(CC(O)(C(F)(F)F)C(F)(F)F)OCc1cc(S(=O)(=O)O)ccc1O. The highest BCUT2D eigenvalue weighted by Gasteiger charge is 2.72. The van der Waals surface area contributed by atoms with Crippen LogP contribution in [0.5, 0.6) is 5.75 Å². The van der Waals surface area contributed by atoms with Crippen molar-refractivity contribution in [2.24, 2.45) is 0 Å². The molecule has 0 heterocycles. The van der Waals surface area contributed by atoms with Crippen molar-refractivity contribution in [2.45, 2.75) is 29.5 Å². The first kappa shape index (κ1) is 23.4. The van der Waals surface area contributed by atoms with Gasteiger partial charge < -0.3 is 10.2 Å². The molecule has 0 unspecified atom stereocenters. The summed E-state index contributed by atoms with van der Waals surface area (Å²) in [5, 5.41) is 18.3. The van der Waals surface area contributed by atoms with Gasteiger partial charge in [-0.15, -0.1) is 0 Å². The Bertz CT molecular complexity index is 890. The van der Waals surface area contributed by atoms with Crippen LogP contribution in [0.25, 0.3) is 0 Å². The molecule has 0 aliphatic rings. The van der Waals surface area contributed by atoms with Crippen LogP contribution < -0.4 is 0 Å². The molecule has 156 valence electrons. The molecule has 0 aromatic heterocycles. The van der Waals surface area contributed by atoms with Crippen LogP contribution in [0, 0.1) is 0 Å². The molecule has 1 aromatic carbocycles. The molecule has 1 aromatic rings. The molecule has 0 saturated heterocycles. The predicted molar refractivity (Wildman–Crippen MR) is 73.6 cm³/mol. The fourth-order valence-electron chi connectivity index (χ4n) is 1.61. The van der Waals surface area contributed by atoms with Crippen molar-refractivity contribution in [3.63, 3.8) is 0 Å². The highest BCUT2D eigenvalue weighted by molar-refractivity contribution is 7.86. The highest BCUT2D eigenvalue weighted by Crippen LogP contribution is 2.44. The predicted octanol–water partition coefficient (Wildman–Crippen LogP) is 1.34. The summed E-state index contributed by atoms with van der Waals surface area (Å²) in [4.78, 5) is -0.863. The molecule has 0 spiro atoms. The van der Waals surface area contributed by atoms with Crippen LogP contribution in [0.1, 0.15) is 5.56 Å². The van der Waals surface area contributed by atoms with Gasteiger partial charge >= 0.3 is 12.4 Å². The Morgan fingerprint density at radius 2 is 1.44 bits per heavy atom. The maximum atomic E-state index is 12.5. The quantitative estimate of drug-likeness (QED) is 0.337. The minimum atomic E-state index is -6.41. The number of halogens is 6. The van der Waals surface area contributed by atoms with Gasteiger partial charge in [0, 0.05) is 5.56 Å². The maximum absolute atomic E-state index is 12.5. The average Bonchev–Trinajstić information content (AvgIpc) is 2.42. The zero-order valence-electron chi connectivity index (χ0n) is 12.6. The topological polar surface area (TPSA) is 138 Å². The summed E-state index contributed by atoms with van der Waals surface area (Å²) in [6.07, 6.45) is -12.8. The highest BCUT2D eigenvalue weighted by atomic mass is 32.2. The van der Waals surface area contributed by atoms with Gasteiger partial charge in [0.15, 0.2) is 0 Å². The molecule has 0 saturated carbocycles. The third-order valence-electron chi connectivity index (χ3n) is 3.07. The van der Waals surface area contributed by atoms with Crippen LogP contribution in [-0.4, -0.2) is 55.3 Å². The van der Waals surface area contributed by atoms with Crippen molar-refractivity contribution in [3.05, 3.63) is 23.8 Å². The van der Waals surface area contributed by atoms with Crippen molar-refractivity contribution >= 4 is 20.2 Å². The third kappa shape index (κ3) is 5.44. The summed E-state index contributed by atoms with van der Waals surface area (Å²) < 4.78 is 133. The Balaban J connectivity index is 3.13. The lowest BCUT2D eigenvalue weighted by atomic mass is 10.1. The molecule has 0 atom stereocenters. The summed E-state index contributed by atoms with van der Waals surface area (Å²) in [5.41, 5.74) is -6.33. The van der Waals surface area contributed by atoms with Crippen LogP contribution >= 0.6 is 0 Å². The van der Waals surface area contributed by atoms with Crippen LogP contribution in [0.15, 0.2) is 23.1 Å². The van der Waals surface area contributed by atoms with Crippen molar-refractivity contribution in [3.8, 4) is 5.75 Å². The van der Waals surface area contributed by atoms with E-state index in [0.29, 0.717) is 18.2 Å². The van der Waals surface area contributed by atoms with Gasteiger partial charge in [-0.25, -0.2) is 0 Å². The van der Waals surface area contributed by atoms with Gasteiger partial charge in [-0.3, -0.25) is 8.74 Å². The number of rotatable bonds is 6. The van der Waals surface area contributed by atoms with Gasteiger partial charge in [0.2, 0.25) is 0 Å². The Morgan fingerprint density at radius 1 is 0.963 bits per heavy atom. The summed E-state index contributed by atoms with van der Waals surface area (Å²) in [6.45, 7) is -1.39. The van der Waals surface area contributed by atoms with E-state index in [1.165, 1.54) is 0 Å². The van der Waals surface area contributed by atoms with Crippen LogP contribution in [0.2, 0.25) is 0 Å². The summed E-state index contributed by atoms with van der Waals surface area (Å²) in [5.74, 6) is -3.77. The lowest BCUT2D eigenvalue weighted by Gasteiger charge is -2.31. The minimum Gasteiger partial charge on any atom is -0.508 e. The van der Waals surface area contributed by atoms with E-state index in [2.05, 4.69) is 4.18 Å². The Labute approximate surface area is 147 Å². The number of hydrogen-bond acceptors (Lipinski definition) is 7. The first-order valence-electron chi connectivity index (χ1n) is 6.32. The lowest BCUT2D eigenvalue weighted by Crippen LogP contribution is -2.61. The number of alkyl halides is 6. The lowest BCUT2D eigenvalue weighted by molar-refractivity contribution is -0.359. The summed E-state index contributed by atoms with van der Waals surface area (Å²) in [6, 6.07) is 1.80. The molecule has 0 fully saturated rings. The average molecular weight is 448 g/mol. The molecule has 0 bridgehead atoms. The molecule has 0 aliphatic heterocycles. The second-order valence-corrected chi connectivity index (χ2v) is 8.15. The van der Waals surface area contributed by atoms with E-state index in [9.17, 15) is 48.3 Å². The monoisotopic (exact) mass is 448 g/mol. The molecule has 16 heteroatoms. The molecule has 0 amide bonds. The molecule has 1 rings (SSSR count). The largest absolute Gasteiger partial charge is 0.508 e. The molecule has 8 nitrogen and oxygen atoms in total. The van der Waals surface area contributed by atoms with Gasteiger partial charge in [0.1, 0.15) is 11.5 Å². The van der Waals surface area contributed by atoms with E-state index in [4.69, 9.17) is 9.66 Å². The van der Waals surface area contributed by atoms with E-state index >= 15 is 0 Å². The van der Waals surface area contributed by atoms with Gasteiger partial charge in [0.05, 0.1) is 11.5 Å². The van der Waals surface area contributed by atoms with Gasteiger partial charge in [-0.2, -0.15) is 43.2 Å². The van der Waals surface area contributed by atoms with E-state index in [1.807, 2.05) is 0 Å². The fourth-order valence-corrected chi connectivity index (χ4v) is 3.37. The van der Waals surface area contributed by atoms with E-state index < -0.39 is 66.8 Å². The Morgan fingerprint density at radius 3 is 1.85 bits per heavy atom. The summed E-state index contributed by atoms with van der Waals surface area (Å²) in [7, 11) is -10.5. The van der Waals surface area contributed by atoms with Crippen molar-refractivity contribution in [2.75, 3.05) is 5.75 Å². The second-order valence-electron chi connectivity index (χ2n) is 5.09. The van der Waals surface area contributed by atoms with Crippen LogP contribution in [-0.2, 0) is 31.0 Å². The number of benzene rings is 1. The molecule has 0 radical (unpaired) electrons. The third-order valence-corrected chi connectivity index (χ3v) is 5.16. The van der Waals surface area contributed by atoms with E-state index in [1.54, 1.807) is 0 Å². The Hall–Kier alpha value is -1.62. The van der Waals surface area contributed by atoms with Crippen molar-refractivity contribution < 1.29 is 62.1 Å². The van der Waals surface area contributed by atoms with Crippen LogP contribution in [0.4, 0.5) is 26.3 Å². The first-order chi connectivity index (χ1) is 11.8.